The van der Waals surface area contributed by atoms with Gasteiger partial charge >= 0.3 is 0 Å². The highest BCUT2D eigenvalue weighted by atomic mass is 35.5. The minimum Gasteiger partial charge on any atom is -0.321 e. The molecule has 6 heteroatoms. The average Bonchev–Trinajstić information content (AvgIpc) is 2.98. The van der Waals surface area contributed by atoms with Gasteiger partial charge in [-0.15, -0.1) is 11.3 Å². The van der Waals surface area contributed by atoms with Crippen molar-refractivity contribution < 1.29 is 14.6 Å². The summed E-state index contributed by atoms with van der Waals surface area (Å²) in [5.74, 6) is 0.103. The number of amides is 1. The van der Waals surface area contributed by atoms with Crippen molar-refractivity contribution in [2.75, 3.05) is 38.0 Å². The van der Waals surface area contributed by atoms with Crippen molar-refractivity contribution in [2.24, 2.45) is 0 Å². The van der Waals surface area contributed by atoms with Crippen LogP contribution in [0.15, 0.2) is 30.3 Å². The summed E-state index contributed by atoms with van der Waals surface area (Å²) >= 11 is 7.67. The van der Waals surface area contributed by atoms with Gasteiger partial charge in [-0.3, -0.25) is 4.79 Å². The Morgan fingerprint density at radius 3 is 2.44 bits per heavy atom. The molecule has 0 bridgehead atoms. The third-order valence-electron chi connectivity index (χ3n) is 4.92. The van der Waals surface area contributed by atoms with E-state index in [1.54, 1.807) is 16.2 Å². The fraction of sp³-hybridized carbons (Fsp3) is 0.421. The number of nitrogens with one attached hydrogen (secondary N) is 3. The zero-order valence-electron chi connectivity index (χ0n) is 14.8. The van der Waals surface area contributed by atoms with Crippen LogP contribution in [0.5, 0.6) is 0 Å². The fourth-order valence-corrected chi connectivity index (χ4v) is 4.41. The second-order valence-corrected chi connectivity index (χ2v) is 8.71. The first-order chi connectivity index (χ1) is 12.0. The van der Waals surface area contributed by atoms with Gasteiger partial charge in [0.2, 0.25) is 0 Å². The number of thiophene rings is 1. The van der Waals surface area contributed by atoms with E-state index in [1.165, 1.54) is 20.9 Å². The maximum atomic E-state index is 12.3. The lowest BCUT2D eigenvalue weighted by atomic mass is 10.1. The minimum absolute atomic E-state index is 0.103. The number of aryl methyl sites for hydroxylation is 2. The van der Waals surface area contributed by atoms with Crippen molar-refractivity contribution >= 4 is 34.5 Å². The molecule has 134 valence electrons. The normalized spacial score (nSPS) is 20.4. The van der Waals surface area contributed by atoms with Crippen LogP contribution in [0.1, 0.15) is 16.0 Å². The number of hydrogen-bond donors (Lipinski definition) is 3. The maximum Gasteiger partial charge on any atom is 0.279 e. The zero-order valence-corrected chi connectivity index (χ0v) is 16.4. The Labute approximate surface area is 158 Å². The summed E-state index contributed by atoms with van der Waals surface area (Å²) in [6.45, 7) is 10.0. The Bertz CT molecular complexity index is 738. The highest BCUT2D eigenvalue weighted by Crippen LogP contribution is 2.20. The summed E-state index contributed by atoms with van der Waals surface area (Å²) in [5, 5.41) is 3.03. The number of benzene rings is 1. The van der Waals surface area contributed by atoms with Gasteiger partial charge in [-0.25, -0.2) is 0 Å². The van der Waals surface area contributed by atoms with E-state index in [9.17, 15) is 4.79 Å². The first-order valence-electron chi connectivity index (χ1n) is 8.78. The van der Waals surface area contributed by atoms with E-state index in [4.69, 9.17) is 11.6 Å². The smallest absolute Gasteiger partial charge is 0.279 e. The molecule has 0 unspecified atom stereocenters. The van der Waals surface area contributed by atoms with E-state index in [-0.39, 0.29) is 5.91 Å². The molecule has 1 aliphatic rings. The Morgan fingerprint density at radius 1 is 1.08 bits per heavy atom. The highest BCUT2D eigenvalue weighted by molar-refractivity contribution is 7.16. The monoisotopic (exact) mass is 379 g/mol. The van der Waals surface area contributed by atoms with Crippen LogP contribution >= 0.6 is 22.9 Å². The summed E-state index contributed by atoms with van der Waals surface area (Å²) in [6, 6.07) is 10.2. The summed E-state index contributed by atoms with van der Waals surface area (Å²) in [7, 11) is 0. The molecule has 0 saturated carbocycles. The molecule has 3 N–H and O–H groups in total. The number of halogens is 1. The molecule has 2 heterocycles. The highest BCUT2D eigenvalue weighted by Gasteiger charge is 2.25. The standard InChI is InChI=1S/C19H24ClN3OS/c1-14-3-4-16(11-15(14)2)21-19(24)13-23-9-7-22(8-10-23)12-17-5-6-18(20)25-17/h3-6,11H,7-10,12-13H2,1-2H3,(H,21,24)/p+2. The van der Waals surface area contributed by atoms with Crippen LogP contribution in [-0.2, 0) is 11.3 Å². The summed E-state index contributed by atoms with van der Waals surface area (Å²) in [4.78, 5) is 16.6. The molecule has 3 rings (SSSR count). The Balaban J connectivity index is 1.43. The maximum absolute atomic E-state index is 12.3. The lowest BCUT2D eigenvalue weighted by molar-refractivity contribution is -1.01. The van der Waals surface area contributed by atoms with Gasteiger partial charge in [-0.05, 0) is 49.2 Å². The average molecular weight is 380 g/mol. The summed E-state index contributed by atoms with van der Waals surface area (Å²) in [6.07, 6.45) is 0. The first-order valence-corrected chi connectivity index (χ1v) is 9.97. The van der Waals surface area contributed by atoms with Gasteiger partial charge in [0.05, 0.1) is 9.21 Å². The Morgan fingerprint density at radius 2 is 1.80 bits per heavy atom. The zero-order chi connectivity index (χ0) is 17.8. The molecule has 2 aromatic rings. The Hall–Kier alpha value is -1.40. The number of quaternary nitrogens is 2. The molecule has 4 nitrogen and oxygen atoms in total. The van der Waals surface area contributed by atoms with E-state index in [1.807, 2.05) is 18.2 Å². The van der Waals surface area contributed by atoms with Crippen LogP contribution in [0.3, 0.4) is 0 Å². The second-order valence-electron chi connectivity index (χ2n) is 6.91. The predicted molar refractivity (Wildman–Crippen MR) is 104 cm³/mol. The number of rotatable bonds is 5. The fourth-order valence-electron chi connectivity index (χ4n) is 3.26. The molecule has 25 heavy (non-hydrogen) atoms. The molecule has 1 amide bonds. The molecule has 0 radical (unpaired) electrons. The molecular weight excluding hydrogens is 354 g/mol. The van der Waals surface area contributed by atoms with Crippen LogP contribution in [0, 0.1) is 13.8 Å². The first kappa shape index (κ1) is 18.4. The van der Waals surface area contributed by atoms with Gasteiger partial charge in [-0.1, -0.05) is 17.7 Å². The van der Waals surface area contributed by atoms with Crippen LogP contribution in [0.4, 0.5) is 5.69 Å². The number of carbonyl (C=O) groups is 1. The molecule has 1 saturated heterocycles. The van der Waals surface area contributed by atoms with Gasteiger partial charge in [0.1, 0.15) is 32.7 Å². The van der Waals surface area contributed by atoms with Crippen LogP contribution in [0.25, 0.3) is 0 Å². The van der Waals surface area contributed by atoms with E-state index in [2.05, 4.69) is 31.3 Å². The van der Waals surface area contributed by atoms with E-state index in [0.29, 0.717) is 6.54 Å². The Kier molecular flexibility index (Phi) is 6.12. The van der Waals surface area contributed by atoms with Crippen LogP contribution in [0.2, 0.25) is 4.34 Å². The van der Waals surface area contributed by atoms with Crippen molar-refractivity contribution in [2.45, 2.75) is 20.4 Å². The molecule has 0 spiro atoms. The molecule has 1 fully saturated rings. The number of anilines is 1. The molecule has 1 aromatic heterocycles. The van der Waals surface area contributed by atoms with Crippen molar-refractivity contribution in [3.8, 4) is 0 Å². The third kappa shape index (κ3) is 5.28. The van der Waals surface area contributed by atoms with Crippen molar-refractivity contribution in [1.29, 1.82) is 0 Å². The van der Waals surface area contributed by atoms with Crippen LogP contribution < -0.4 is 15.1 Å². The topological polar surface area (TPSA) is 38.0 Å². The lowest BCUT2D eigenvalue weighted by Crippen LogP contribution is -3.28. The second kappa shape index (κ2) is 8.32. The van der Waals surface area contributed by atoms with Gasteiger partial charge in [0.25, 0.3) is 5.91 Å². The summed E-state index contributed by atoms with van der Waals surface area (Å²) in [5.41, 5.74) is 3.34. The lowest BCUT2D eigenvalue weighted by Gasteiger charge is -2.29. The SMILES string of the molecule is Cc1ccc(NC(=O)C[NH+]2CC[NH+](Cc3ccc(Cl)s3)CC2)cc1C. The predicted octanol–water partition coefficient (Wildman–Crippen LogP) is 0.940. The van der Waals surface area contributed by atoms with Crippen molar-refractivity contribution in [3.05, 3.63) is 50.7 Å². The quantitative estimate of drug-likeness (QED) is 0.710. The minimum atomic E-state index is 0.103. The van der Waals surface area contributed by atoms with E-state index in [0.717, 1.165) is 42.7 Å². The van der Waals surface area contributed by atoms with Gasteiger partial charge in [0.15, 0.2) is 6.54 Å². The largest absolute Gasteiger partial charge is 0.321 e. The third-order valence-corrected chi connectivity index (χ3v) is 6.15. The molecule has 1 aromatic carbocycles. The van der Waals surface area contributed by atoms with E-state index < -0.39 is 0 Å². The molecule has 1 aliphatic heterocycles. The van der Waals surface area contributed by atoms with Crippen LogP contribution in [-0.4, -0.2) is 38.6 Å². The number of piperazine rings is 1. The molecule has 0 atom stereocenters. The molecule has 0 aliphatic carbocycles. The number of carbonyl (C=O) groups excluding carboxylic acids is 1. The molecular formula is C19H26ClN3OS+2. The van der Waals surface area contributed by atoms with Gasteiger partial charge in [0, 0.05) is 5.69 Å². The summed E-state index contributed by atoms with van der Waals surface area (Å²) < 4.78 is 0.863. The van der Waals surface area contributed by atoms with Gasteiger partial charge in [-0.2, -0.15) is 0 Å². The van der Waals surface area contributed by atoms with Crippen molar-refractivity contribution in [1.82, 2.24) is 0 Å². The van der Waals surface area contributed by atoms with Crippen molar-refractivity contribution in [3.63, 3.8) is 0 Å². The van der Waals surface area contributed by atoms with E-state index >= 15 is 0 Å². The number of hydrogen-bond acceptors (Lipinski definition) is 2. The van der Waals surface area contributed by atoms with Gasteiger partial charge < -0.3 is 15.1 Å².